The van der Waals surface area contributed by atoms with Gasteiger partial charge in [0.05, 0.1) is 16.7 Å². The van der Waals surface area contributed by atoms with E-state index in [9.17, 15) is 26.2 Å². The maximum Gasteiger partial charge on any atom is 0.332 e. The average molecular weight is 499 g/mol. The number of carbonyl (C=O) groups excluding carboxylic acids is 1. The Labute approximate surface area is 195 Å². The molecule has 0 unspecified atom stereocenters. The van der Waals surface area contributed by atoms with Gasteiger partial charge in [0.1, 0.15) is 21.5 Å². The highest BCUT2D eigenvalue weighted by Crippen LogP contribution is 2.13. The monoisotopic (exact) mass is 498 g/mol. The number of benzene rings is 2. The molecule has 0 radical (unpaired) electrons. The number of para-hydroxylation sites is 1. The van der Waals surface area contributed by atoms with Crippen LogP contribution < -0.4 is 9.92 Å². The lowest BCUT2D eigenvalue weighted by molar-refractivity contribution is -0.154. The van der Waals surface area contributed by atoms with Gasteiger partial charge in [0.15, 0.2) is 0 Å². The minimum atomic E-state index is -4.27. The summed E-state index contributed by atoms with van der Waals surface area (Å²) in [6.07, 6.45) is 1.08. The van der Waals surface area contributed by atoms with E-state index in [0.717, 1.165) is 11.0 Å². The predicted molar refractivity (Wildman–Crippen MR) is 123 cm³/mol. The van der Waals surface area contributed by atoms with Crippen molar-refractivity contribution in [3.63, 3.8) is 0 Å². The number of esters is 1. The highest BCUT2D eigenvalue weighted by Gasteiger charge is 2.18. The lowest BCUT2D eigenvalue weighted by atomic mass is 10.2. The maximum absolute atomic E-state index is 11.7. The van der Waals surface area contributed by atoms with Gasteiger partial charge < -0.3 is 19.2 Å². The molecule has 0 spiro atoms. The van der Waals surface area contributed by atoms with Crippen LogP contribution in [0.4, 0.5) is 0 Å². The Bertz CT molecular complexity index is 1140. The van der Waals surface area contributed by atoms with Crippen LogP contribution in [0.1, 0.15) is 32.8 Å². The van der Waals surface area contributed by atoms with Crippen LogP contribution in [0.25, 0.3) is 0 Å². The molecule has 2 N–H and O–H groups in total. The van der Waals surface area contributed by atoms with E-state index in [0.29, 0.717) is 0 Å². The summed E-state index contributed by atoms with van der Waals surface area (Å²) in [5, 5.41) is 0.842. The van der Waals surface area contributed by atoms with Crippen LogP contribution in [0.3, 0.4) is 0 Å². The Morgan fingerprint density at radius 2 is 1.58 bits per heavy atom. The largest absolute Gasteiger partial charge is 0.744 e. The van der Waals surface area contributed by atoms with Crippen molar-refractivity contribution < 1.29 is 35.1 Å². The van der Waals surface area contributed by atoms with E-state index in [2.05, 4.69) is 0 Å². The van der Waals surface area contributed by atoms with E-state index in [1.807, 2.05) is 6.92 Å². The van der Waals surface area contributed by atoms with Gasteiger partial charge in [-0.15, -0.1) is 0 Å². The van der Waals surface area contributed by atoms with Crippen LogP contribution in [0.15, 0.2) is 71.0 Å². The molecule has 9 nitrogen and oxygen atoms in total. The van der Waals surface area contributed by atoms with E-state index < -0.39 is 37.8 Å². The van der Waals surface area contributed by atoms with Gasteiger partial charge in [-0.2, -0.15) is 8.42 Å². The molecule has 182 valence electrons. The van der Waals surface area contributed by atoms with Crippen molar-refractivity contribution in [1.82, 2.24) is 0 Å². The Kier molecular flexibility index (Phi) is 10.2. The number of ether oxygens (including phenoxy) is 1. The third-order valence-corrected chi connectivity index (χ3v) is 5.34. The zero-order valence-corrected chi connectivity index (χ0v) is 20.4. The molecule has 0 amide bonds. The topological polar surface area (TPSA) is 153 Å². The second-order valence-corrected chi connectivity index (χ2v) is 10.7. The molecule has 11 heteroatoms. The summed E-state index contributed by atoms with van der Waals surface area (Å²) in [4.78, 5) is 11.4. The zero-order valence-electron chi connectivity index (χ0n) is 18.8. The second-order valence-electron chi connectivity index (χ2n) is 7.94. The first-order valence-electron chi connectivity index (χ1n) is 9.75. The lowest BCUT2D eigenvalue weighted by Crippen LogP contribution is -2.29. The van der Waals surface area contributed by atoms with Crippen LogP contribution in [0.2, 0.25) is 0 Å². The first-order valence-corrected chi connectivity index (χ1v) is 12.6. The van der Waals surface area contributed by atoms with E-state index in [-0.39, 0.29) is 17.1 Å². The third-order valence-electron chi connectivity index (χ3n) is 3.58. The standard InChI is InChI=1S/C15H21NO5S.C7H8O3S/c1-15(2,3)20-14(17)11-12(16)9-10-22(18,19)21-13-7-5-4-6-8-13;1-6-2-4-7(5-3-6)11(8,9)10/h4-10,12H,11,16H2,1-3H3;2-5H,1H3,(H,8,9,10)/p-1/b10-9+;/t12-;/m1./s1. The maximum atomic E-state index is 11.7. The van der Waals surface area contributed by atoms with Gasteiger partial charge in [-0.3, -0.25) is 4.79 Å². The van der Waals surface area contributed by atoms with Crippen molar-refractivity contribution in [2.45, 2.75) is 50.7 Å². The summed E-state index contributed by atoms with van der Waals surface area (Å²) < 4.78 is 64.6. The lowest BCUT2D eigenvalue weighted by Gasteiger charge is -2.20. The fourth-order valence-electron chi connectivity index (χ4n) is 2.18. The number of rotatable bonds is 7. The van der Waals surface area contributed by atoms with Crippen molar-refractivity contribution in [2.75, 3.05) is 0 Å². The summed E-state index contributed by atoms with van der Waals surface area (Å²) in [6.45, 7) is 7.04. The van der Waals surface area contributed by atoms with Crippen LogP contribution in [-0.4, -0.2) is 39.0 Å². The molecule has 0 heterocycles. The molecule has 0 saturated carbocycles. The molecular formula is C22H28NO8S2-. The number of aryl methyl sites for hydroxylation is 1. The zero-order chi connectivity index (χ0) is 25.3. The summed E-state index contributed by atoms with van der Waals surface area (Å²) in [6, 6.07) is 13.1. The number of carbonyl (C=O) groups is 1. The molecule has 2 rings (SSSR count). The summed E-state index contributed by atoms with van der Waals surface area (Å²) in [5.41, 5.74) is 6.01. The van der Waals surface area contributed by atoms with E-state index >= 15 is 0 Å². The summed E-state index contributed by atoms with van der Waals surface area (Å²) in [5.74, 6) is -0.293. The van der Waals surface area contributed by atoms with Gasteiger partial charge in [-0.1, -0.05) is 42.0 Å². The van der Waals surface area contributed by atoms with Gasteiger partial charge in [0.25, 0.3) is 0 Å². The van der Waals surface area contributed by atoms with Crippen LogP contribution in [-0.2, 0) is 29.8 Å². The molecule has 0 aromatic heterocycles. The molecule has 33 heavy (non-hydrogen) atoms. The molecule has 2 aromatic carbocycles. The van der Waals surface area contributed by atoms with Crippen molar-refractivity contribution in [3.8, 4) is 5.75 Å². The first kappa shape index (κ1) is 28.3. The molecule has 0 aliphatic heterocycles. The minimum absolute atomic E-state index is 0.116. The highest BCUT2D eigenvalue weighted by molar-refractivity contribution is 7.90. The molecule has 0 saturated heterocycles. The Balaban J connectivity index is 0.000000412. The van der Waals surface area contributed by atoms with Crippen LogP contribution >= 0.6 is 0 Å². The van der Waals surface area contributed by atoms with E-state index in [1.54, 1.807) is 51.1 Å². The molecule has 1 atom stereocenters. The molecule has 0 aliphatic carbocycles. The van der Waals surface area contributed by atoms with Gasteiger partial charge in [-0.05, 0) is 52.0 Å². The smallest absolute Gasteiger partial charge is 0.332 e. The Morgan fingerprint density at radius 3 is 2.06 bits per heavy atom. The van der Waals surface area contributed by atoms with Crippen molar-refractivity contribution in [1.29, 1.82) is 0 Å². The van der Waals surface area contributed by atoms with E-state index in [4.69, 9.17) is 14.7 Å². The average Bonchev–Trinajstić information content (AvgIpc) is 2.65. The van der Waals surface area contributed by atoms with E-state index in [1.165, 1.54) is 30.3 Å². The van der Waals surface area contributed by atoms with Gasteiger partial charge in [0.2, 0.25) is 0 Å². The summed E-state index contributed by atoms with van der Waals surface area (Å²) in [7, 11) is -8.18. The number of hydrogen-bond acceptors (Lipinski definition) is 9. The Hall–Kier alpha value is -2.73. The minimum Gasteiger partial charge on any atom is -0.744 e. The number of hydrogen-bond donors (Lipinski definition) is 1. The molecule has 0 aliphatic rings. The predicted octanol–water partition coefficient (Wildman–Crippen LogP) is 2.87. The molecule has 0 fully saturated rings. The highest BCUT2D eigenvalue weighted by atomic mass is 32.2. The van der Waals surface area contributed by atoms with Crippen molar-refractivity contribution >= 4 is 26.2 Å². The SMILES string of the molecule is CC(C)(C)OC(=O)C[C@H](N)/C=C/S(=O)(=O)Oc1ccccc1.Cc1ccc(S(=O)(=O)[O-])cc1. The quantitative estimate of drug-likeness (QED) is 0.345. The Morgan fingerprint density at radius 1 is 1.03 bits per heavy atom. The van der Waals surface area contributed by atoms with Crippen molar-refractivity contribution in [2.24, 2.45) is 5.73 Å². The first-order chi connectivity index (χ1) is 15.1. The fourth-order valence-corrected chi connectivity index (χ4v) is 3.48. The van der Waals surface area contributed by atoms with Crippen LogP contribution in [0.5, 0.6) is 5.75 Å². The molecular weight excluding hydrogens is 470 g/mol. The summed E-state index contributed by atoms with van der Waals surface area (Å²) >= 11 is 0. The second kappa shape index (κ2) is 11.9. The van der Waals surface area contributed by atoms with Gasteiger partial charge in [0, 0.05) is 6.04 Å². The number of nitrogens with two attached hydrogens (primary N) is 1. The molecule has 2 aromatic rings. The third kappa shape index (κ3) is 12.8. The molecule has 0 bridgehead atoms. The normalized spacial score (nSPS) is 13.0. The van der Waals surface area contributed by atoms with Gasteiger partial charge in [-0.25, -0.2) is 8.42 Å². The fraction of sp³-hybridized carbons (Fsp3) is 0.318. The van der Waals surface area contributed by atoms with Crippen LogP contribution in [0, 0.1) is 6.92 Å². The van der Waals surface area contributed by atoms with Crippen molar-refractivity contribution in [3.05, 3.63) is 71.6 Å². The van der Waals surface area contributed by atoms with Gasteiger partial charge >= 0.3 is 16.1 Å².